The Morgan fingerprint density at radius 3 is 2.81 bits per heavy atom. The third-order valence-corrected chi connectivity index (χ3v) is 4.41. The monoisotopic (exact) mass is 366 g/mol. The first kappa shape index (κ1) is 17.1. The number of aryl methyl sites for hydroxylation is 1. The van der Waals surface area contributed by atoms with Crippen molar-refractivity contribution in [1.29, 1.82) is 0 Å². The van der Waals surface area contributed by atoms with Crippen LogP contribution >= 0.6 is 0 Å². The van der Waals surface area contributed by atoms with Crippen molar-refractivity contribution in [1.82, 2.24) is 9.97 Å². The molecule has 7 heteroatoms. The van der Waals surface area contributed by atoms with Gasteiger partial charge in [0.25, 0.3) is 5.91 Å². The Morgan fingerprint density at radius 2 is 1.96 bits per heavy atom. The third kappa shape index (κ3) is 3.48. The Kier molecular flexibility index (Phi) is 4.50. The van der Waals surface area contributed by atoms with Gasteiger partial charge in [-0.1, -0.05) is 18.2 Å². The van der Waals surface area contributed by atoms with Crippen LogP contribution in [0.4, 0.5) is 26.1 Å². The molecule has 0 fully saturated rings. The number of halogens is 2. The summed E-state index contributed by atoms with van der Waals surface area (Å²) >= 11 is 0. The molecular formula is C20H16F2N4O. The number of benzene rings is 2. The topological polar surface area (TPSA) is 58.1 Å². The number of aromatic nitrogens is 2. The van der Waals surface area contributed by atoms with Gasteiger partial charge < -0.3 is 10.2 Å². The van der Waals surface area contributed by atoms with Crippen LogP contribution in [0.1, 0.15) is 22.5 Å². The average molecular weight is 366 g/mol. The Labute approximate surface area is 154 Å². The van der Waals surface area contributed by atoms with Gasteiger partial charge in [0.2, 0.25) is 5.95 Å². The number of nitrogens with one attached hydrogen (secondary N) is 1. The molecule has 3 aromatic rings. The fraction of sp³-hybridized carbons (Fsp3) is 0.150. The van der Waals surface area contributed by atoms with Crippen LogP contribution in [0.2, 0.25) is 0 Å². The van der Waals surface area contributed by atoms with Crippen molar-refractivity contribution in [2.75, 3.05) is 16.8 Å². The fourth-order valence-electron chi connectivity index (χ4n) is 3.12. The average Bonchev–Trinajstić information content (AvgIpc) is 2.69. The van der Waals surface area contributed by atoms with Crippen LogP contribution < -0.4 is 10.2 Å². The number of hydrogen-bond donors (Lipinski definition) is 1. The molecule has 0 saturated carbocycles. The van der Waals surface area contributed by atoms with E-state index in [1.54, 1.807) is 0 Å². The van der Waals surface area contributed by atoms with Crippen molar-refractivity contribution in [3.63, 3.8) is 0 Å². The highest BCUT2D eigenvalue weighted by molar-refractivity contribution is 6.03. The van der Waals surface area contributed by atoms with Gasteiger partial charge >= 0.3 is 0 Å². The van der Waals surface area contributed by atoms with E-state index in [4.69, 9.17) is 0 Å². The molecule has 2 heterocycles. The van der Waals surface area contributed by atoms with E-state index < -0.39 is 17.5 Å². The van der Waals surface area contributed by atoms with Crippen LogP contribution in [0.25, 0.3) is 0 Å². The zero-order valence-electron chi connectivity index (χ0n) is 14.3. The zero-order chi connectivity index (χ0) is 18.8. The van der Waals surface area contributed by atoms with E-state index in [1.165, 1.54) is 23.9 Å². The second-order valence-electron chi connectivity index (χ2n) is 6.20. The Hall–Kier alpha value is -3.35. The molecule has 0 unspecified atom stereocenters. The van der Waals surface area contributed by atoms with Crippen molar-refractivity contribution in [2.24, 2.45) is 0 Å². The lowest BCUT2D eigenvalue weighted by atomic mass is 10.0. The maximum atomic E-state index is 13.8. The molecule has 27 heavy (non-hydrogen) atoms. The smallest absolute Gasteiger partial charge is 0.274 e. The number of carbonyl (C=O) groups excluding carboxylic acids is 1. The van der Waals surface area contributed by atoms with Crippen molar-refractivity contribution < 1.29 is 13.6 Å². The summed E-state index contributed by atoms with van der Waals surface area (Å²) in [6.07, 6.45) is 3.43. The minimum Gasteiger partial charge on any atom is -0.318 e. The van der Waals surface area contributed by atoms with E-state index in [9.17, 15) is 13.6 Å². The van der Waals surface area contributed by atoms with Gasteiger partial charge in [-0.3, -0.25) is 4.79 Å². The summed E-state index contributed by atoms with van der Waals surface area (Å²) < 4.78 is 26.8. The van der Waals surface area contributed by atoms with Crippen molar-refractivity contribution >= 4 is 23.2 Å². The summed E-state index contributed by atoms with van der Waals surface area (Å²) in [5, 5.41) is 2.41. The first-order valence-electron chi connectivity index (χ1n) is 8.57. The molecule has 5 nitrogen and oxygen atoms in total. The molecule has 1 N–H and O–H groups in total. The van der Waals surface area contributed by atoms with Gasteiger partial charge in [-0.05, 0) is 42.7 Å². The summed E-state index contributed by atoms with van der Waals surface area (Å²) in [5.74, 6) is -1.73. The second kappa shape index (κ2) is 7.11. The molecule has 0 aliphatic carbocycles. The first-order chi connectivity index (χ1) is 13.1. The molecule has 1 aromatic heterocycles. The van der Waals surface area contributed by atoms with Crippen molar-refractivity contribution in [3.05, 3.63) is 77.6 Å². The molecule has 136 valence electrons. The SMILES string of the molecule is O=C(Nc1ccc(F)cc1F)c1ccnc(N2CCCc3ccccc32)n1. The minimum absolute atomic E-state index is 0.103. The lowest BCUT2D eigenvalue weighted by Crippen LogP contribution is -2.27. The molecule has 0 saturated heterocycles. The molecule has 1 amide bonds. The Balaban J connectivity index is 1.61. The predicted molar refractivity (Wildman–Crippen MR) is 98.1 cm³/mol. The van der Waals surface area contributed by atoms with E-state index >= 15 is 0 Å². The van der Waals surface area contributed by atoms with Crippen molar-refractivity contribution in [2.45, 2.75) is 12.8 Å². The van der Waals surface area contributed by atoms with Crippen molar-refractivity contribution in [3.8, 4) is 0 Å². The number of rotatable bonds is 3. The molecule has 4 rings (SSSR count). The largest absolute Gasteiger partial charge is 0.318 e. The van der Waals surface area contributed by atoms with E-state index in [1.807, 2.05) is 23.1 Å². The predicted octanol–water partition coefficient (Wildman–Crippen LogP) is 4.09. The van der Waals surface area contributed by atoms with Gasteiger partial charge in [0.15, 0.2) is 0 Å². The summed E-state index contributed by atoms with van der Waals surface area (Å²) in [7, 11) is 0. The number of hydrogen-bond acceptors (Lipinski definition) is 4. The minimum atomic E-state index is -0.845. The van der Waals surface area contributed by atoms with Gasteiger partial charge in [0.05, 0.1) is 5.69 Å². The van der Waals surface area contributed by atoms with Gasteiger partial charge in [-0.2, -0.15) is 0 Å². The Morgan fingerprint density at radius 1 is 1.11 bits per heavy atom. The molecule has 0 radical (unpaired) electrons. The maximum Gasteiger partial charge on any atom is 0.274 e. The lowest BCUT2D eigenvalue weighted by Gasteiger charge is -2.29. The number of anilines is 3. The van der Waals surface area contributed by atoms with E-state index in [0.717, 1.165) is 31.1 Å². The van der Waals surface area contributed by atoms with E-state index in [0.29, 0.717) is 12.0 Å². The molecular weight excluding hydrogens is 350 g/mol. The molecule has 0 atom stereocenters. The highest BCUT2D eigenvalue weighted by atomic mass is 19.1. The first-order valence-corrected chi connectivity index (χ1v) is 8.57. The fourth-order valence-corrected chi connectivity index (χ4v) is 3.12. The number of fused-ring (bicyclic) bond motifs is 1. The van der Waals surface area contributed by atoms with E-state index in [2.05, 4.69) is 21.4 Å². The van der Waals surface area contributed by atoms with Gasteiger partial charge in [0, 0.05) is 24.5 Å². The van der Waals surface area contributed by atoms with Gasteiger partial charge in [0.1, 0.15) is 17.3 Å². The lowest BCUT2D eigenvalue weighted by molar-refractivity contribution is 0.102. The van der Waals surface area contributed by atoms with Gasteiger partial charge in [-0.15, -0.1) is 0 Å². The standard InChI is InChI=1S/C20H16F2N4O/c21-14-7-8-16(15(22)12-14)24-19(27)17-9-10-23-20(25-17)26-11-3-5-13-4-1-2-6-18(13)26/h1-2,4,6-10,12H,3,5,11H2,(H,24,27). The molecule has 2 aromatic carbocycles. The quantitative estimate of drug-likeness (QED) is 0.758. The number of para-hydroxylation sites is 1. The molecule has 0 bridgehead atoms. The molecule has 1 aliphatic heterocycles. The summed E-state index contributed by atoms with van der Waals surface area (Å²) in [6, 6.07) is 12.4. The number of amides is 1. The highest BCUT2D eigenvalue weighted by Crippen LogP contribution is 2.31. The van der Waals surface area contributed by atoms with Gasteiger partial charge in [-0.25, -0.2) is 18.7 Å². The normalized spacial score (nSPS) is 13.2. The third-order valence-electron chi connectivity index (χ3n) is 4.41. The molecule has 0 spiro atoms. The highest BCUT2D eigenvalue weighted by Gasteiger charge is 2.21. The van der Waals surface area contributed by atoms with Crippen LogP contribution in [-0.4, -0.2) is 22.4 Å². The van der Waals surface area contributed by atoms with Crippen LogP contribution in [0.15, 0.2) is 54.7 Å². The van der Waals surface area contributed by atoms with E-state index in [-0.39, 0.29) is 11.4 Å². The summed E-state index contributed by atoms with van der Waals surface area (Å²) in [4.78, 5) is 23.1. The van der Waals surface area contributed by atoms with Crippen LogP contribution in [0.3, 0.4) is 0 Å². The van der Waals surface area contributed by atoms with Crippen LogP contribution in [0, 0.1) is 11.6 Å². The Bertz CT molecular complexity index is 1010. The number of carbonyl (C=O) groups is 1. The maximum absolute atomic E-state index is 13.8. The summed E-state index contributed by atoms with van der Waals surface area (Å²) in [6.45, 7) is 0.745. The zero-order valence-corrected chi connectivity index (χ0v) is 14.3. The summed E-state index contributed by atoms with van der Waals surface area (Å²) in [5.41, 5.74) is 2.22. The molecule has 1 aliphatic rings. The number of nitrogens with zero attached hydrogens (tertiary/aromatic N) is 3. The van der Waals surface area contributed by atoms with Crippen LogP contribution in [0.5, 0.6) is 0 Å². The second-order valence-corrected chi connectivity index (χ2v) is 6.20. The van der Waals surface area contributed by atoms with Crippen LogP contribution in [-0.2, 0) is 6.42 Å².